The SMILES string of the molecule is Cc1nonc1C(=O)N[C@H](c1cn2[n+]#cc([C@@H](O)NC(=O)COCC(F)F)cc2n1)C1CCC(F)(F)CC1. The number of aliphatic hydroxyl groups is 1. The summed E-state index contributed by atoms with van der Waals surface area (Å²) < 4.78 is 62.3. The molecule has 2 amide bonds. The Morgan fingerprint density at radius 2 is 2.05 bits per heavy atom. The second-order valence-corrected chi connectivity index (χ2v) is 8.90. The van der Waals surface area contributed by atoms with Crippen LogP contribution in [-0.2, 0) is 9.53 Å². The first kappa shape index (κ1) is 27.2. The van der Waals surface area contributed by atoms with Crippen LogP contribution in [0.2, 0.25) is 0 Å². The first-order valence-corrected chi connectivity index (χ1v) is 11.6. The second kappa shape index (κ2) is 11.3. The molecule has 2 atom stereocenters. The molecule has 0 saturated heterocycles. The van der Waals surface area contributed by atoms with Crippen LogP contribution in [0, 0.1) is 19.0 Å². The van der Waals surface area contributed by atoms with Crippen molar-refractivity contribution >= 4 is 17.5 Å². The molecule has 1 saturated carbocycles. The van der Waals surface area contributed by atoms with E-state index in [0.717, 1.165) is 0 Å². The number of aliphatic hydroxyl groups excluding tert-OH is 1. The summed E-state index contributed by atoms with van der Waals surface area (Å²) in [5.74, 6) is -4.61. The van der Waals surface area contributed by atoms with Crippen LogP contribution in [0.15, 0.2) is 16.9 Å². The normalized spacial score (nSPS) is 17.2. The number of imidazole rings is 1. The van der Waals surface area contributed by atoms with Crippen molar-refractivity contribution in [2.75, 3.05) is 13.2 Å². The number of aryl methyl sites for hydroxylation is 1. The minimum Gasteiger partial charge on any atom is -0.369 e. The fraction of sp³-hybridized carbons (Fsp3) is 0.545. The summed E-state index contributed by atoms with van der Waals surface area (Å²) in [4.78, 5) is 29.1. The molecule has 3 heterocycles. The number of aromatic nitrogens is 5. The van der Waals surface area contributed by atoms with Crippen LogP contribution in [0.3, 0.4) is 0 Å². The number of hydrogen-bond acceptors (Lipinski definition) is 8. The Balaban J connectivity index is 1.53. The number of rotatable bonds is 10. The van der Waals surface area contributed by atoms with Crippen molar-refractivity contribution in [3.8, 4) is 0 Å². The summed E-state index contributed by atoms with van der Waals surface area (Å²) in [6.45, 7) is -0.0845. The maximum Gasteiger partial charge on any atom is 0.358 e. The van der Waals surface area contributed by atoms with Gasteiger partial charge in [-0.05, 0) is 30.8 Å². The predicted octanol–water partition coefficient (Wildman–Crippen LogP) is 1.11. The molecule has 0 unspecified atom stereocenters. The number of carbonyl (C=O) groups excluding carboxylic acids is 2. The number of fused-ring (bicyclic) bond motifs is 1. The van der Waals surface area contributed by atoms with Crippen molar-refractivity contribution in [3.63, 3.8) is 0 Å². The molecule has 3 aromatic heterocycles. The van der Waals surface area contributed by atoms with E-state index in [-0.39, 0.29) is 54.2 Å². The molecule has 0 aliphatic heterocycles. The average Bonchev–Trinajstić information content (AvgIpc) is 3.47. The highest BCUT2D eigenvalue weighted by atomic mass is 19.3. The third kappa shape index (κ3) is 6.53. The Labute approximate surface area is 212 Å². The van der Waals surface area contributed by atoms with E-state index in [1.807, 2.05) is 0 Å². The Morgan fingerprint density at radius 3 is 2.71 bits per heavy atom. The molecular formula is C22H24F4N7O5+. The van der Waals surface area contributed by atoms with Gasteiger partial charge in [0.1, 0.15) is 35.8 Å². The van der Waals surface area contributed by atoms with Crippen molar-refractivity contribution < 1.29 is 46.7 Å². The van der Waals surface area contributed by atoms with Crippen LogP contribution in [0.5, 0.6) is 0 Å². The average molecular weight is 542 g/mol. The van der Waals surface area contributed by atoms with Crippen LogP contribution in [0.1, 0.15) is 65.4 Å². The van der Waals surface area contributed by atoms with Crippen LogP contribution in [0.25, 0.3) is 5.65 Å². The number of amides is 2. The topological polar surface area (TPSA) is 158 Å². The van der Waals surface area contributed by atoms with E-state index in [4.69, 9.17) is 0 Å². The zero-order valence-corrected chi connectivity index (χ0v) is 20.0. The lowest BCUT2D eigenvalue weighted by Crippen LogP contribution is -2.37. The lowest BCUT2D eigenvalue weighted by Gasteiger charge is -2.33. The van der Waals surface area contributed by atoms with Crippen LogP contribution in [-0.4, -0.2) is 62.3 Å². The molecule has 12 nitrogen and oxygen atoms in total. The van der Waals surface area contributed by atoms with Crippen LogP contribution < -0.4 is 15.7 Å². The summed E-state index contributed by atoms with van der Waals surface area (Å²) in [6, 6.07) is 0.581. The smallest absolute Gasteiger partial charge is 0.358 e. The third-order valence-corrected chi connectivity index (χ3v) is 6.08. The zero-order valence-electron chi connectivity index (χ0n) is 20.0. The van der Waals surface area contributed by atoms with Crippen LogP contribution in [0.4, 0.5) is 17.6 Å². The largest absolute Gasteiger partial charge is 0.369 e. The Bertz CT molecular complexity index is 1270. The van der Waals surface area contributed by atoms with Gasteiger partial charge in [-0.1, -0.05) is 5.16 Å². The molecule has 38 heavy (non-hydrogen) atoms. The number of nitrogens with zero attached hydrogens (tertiary/aromatic N) is 5. The zero-order chi connectivity index (χ0) is 27.4. The number of alkyl halides is 4. The summed E-state index contributed by atoms with van der Waals surface area (Å²) in [6.07, 6.45) is -0.727. The van der Waals surface area contributed by atoms with E-state index < -0.39 is 49.6 Å². The van der Waals surface area contributed by atoms with E-state index in [0.29, 0.717) is 5.69 Å². The molecule has 3 aromatic rings. The molecular weight excluding hydrogens is 518 g/mol. The summed E-state index contributed by atoms with van der Waals surface area (Å²) >= 11 is 0. The molecule has 0 spiro atoms. The Kier molecular flexibility index (Phi) is 8.07. The molecule has 3 N–H and O–H groups in total. The lowest BCUT2D eigenvalue weighted by atomic mass is 9.81. The first-order chi connectivity index (χ1) is 18.0. The second-order valence-electron chi connectivity index (χ2n) is 8.90. The van der Waals surface area contributed by atoms with Gasteiger partial charge in [0.05, 0.1) is 11.7 Å². The van der Waals surface area contributed by atoms with Gasteiger partial charge in [-0.3, -0.25) is 9.59 Å². The number of ether oxygens (including phenoxy) is 1. The molecule has 1 aliphatic rings. The number of halogens is 4. The van der Waals surface area contributed by atoms with Gasteiger partial charge in [-0.25, -0.2) is 27.2 Å². The maximum absolute atomic E-state index is 13.8. The van der Waals surface area contributed by atoms with Gasteiger partial charge in [0, 0.05) is 23.4 Å². The fourth-order valence-electron chi connectivity index (χ4n) is 4.14. The number of nitrogens with one attached hydrogen (secondary N) is 2. The standard InChI is InChI=1S/C22H23F4N7O5/c1-11-18(32-38-31-11)21(36)30-19(12-2-4-22(25,26)5-3-12)14-8-33-16(28-14)6-13(7-27-33)20(35)29-17(34)10-37-9-15(23)24/h6,8,12,15,19-20,35H,2-5,9-10H2,1H3,(H-,29,30,34,36)/p+1/t19-,20+/m0/s1. The summed E-state index contributed by atoms with van der Waals surface area (Å²) in [7, 11) is 0. The highest BCUT2D eigenvalue weighted by molar-refractivity contribution is 5.93. The van der Waals surface area contributed by atoms with Crippen molar-refractivity contribution in [2.24, 2.45) is 5.92 Å². The molecule has 204 valence electrons. The molecule has 0 bridgehead atoms. The highest BCUT2D eigenvalue weighted by Gasteiger charge is 2.40. The van der Waals surface area contributed by atoms with Gasteiger partial charge in [0.2, 0.25) is 17.5 Å². The van der Waals surface area contributed by atoms with E-state index in [9.17, 15) is 32.3 Å². The van der Waals surface area contributed by atoms with E-state index >= 15 is 0 Å². The lowest BCUT2D eigenvalue weighted by molar-refractivity contribution is -0.393. The van der Waals surface area contributed by atoms with E-state index in [2.05, 4.69) is 46.6 Å². The van der Waals surface area contributed by atoms with Crippen molar-refractivity contribution in [1.82, 2.24) is 30.4 Å². The van der Waals surface area contributed by atoms with Gasteiger partial charge in [-0.2, -0.15) is 0 Å². The highest BCUT2D eigenvalue weighted by Crippen LogP contribution is 2.41. The molecule has 4 rings (SSSR count). The Morgan fingerprint density at radius 1 is 1.32 bits per heavy atom. The quantitative estimate of drug-likeness (QED) is 0.252. The molecule has 0 radical (unpaired) electrons. The van der Waals surface area contributed by atoms with Gasteiger partial charge < -0.3 is 20.5 Å². The van der Waals surface area contributed by atoms with Crippen LogP contribution >= 0.6 is 0 Å². The van der Waals surface area contributed by atoms with Crippen molar-refractivity contribution in [1.29, 1.82) is 0 Å². The first-order valence-electron chi connectivity index (χ1n) is 11.6. The monoisotopic (exact) mass is 542 g/mol. The number of hydrogen-bond donors (Lipinski definition) is 3. The van der Waals surface area contributed by atoms with E-state index in [1.54, 1.807) is 0 Å². The maximum atomic E-state index is 13.8. The van der Waals surface area contributed by atoms with Gasteiger partial charge >= 0.3 is 6.20 Å². The fourth-order valence-corrected chi connectivity index (χ4v) is 4.14. The minimum absolute atomic E-state index is 0.0130. The summed E-state index contributed by atoms with van der Waals surface area (Å²) in [5.41, 5.74) is 0.738. The summed E-state index contributed by atoms with van der Waals surface area (Å²) in [5, 5.41) is 26.4. The Hall–Kier alpha value is -3.84. The minimum atomic E-state index is -2.78. The molecule has 1 aliphatic carbocycles. The van der Waals surface area contributed by atoms with E-state index in [1.165, 1.54) is 23.7 Å². The third-order valence-electron chi connectivity index (χ3n) is 6.08. The van der Waals surface area contributed by atoms with Gasteiger partial charge in [0.15, 0.2) is 11.9 Å². The molecule has 1 fully saturated rings. The van der Waals surface area contributed by atoms with Gasteiger partial charge in [-0.15, -0.1) is 0 Å². The van der Waals surface area contributed by atoms with Crippen molar-refractivity contribution in [2.45, 2.75) is 57.2 Å². The predicted molar refractivity (Wildman–Crippen MR) is 116 cm³/mol. The number of carbonyl (C=O) groups is 2. The molecule has 0 aromatic carbocycles. The molecule has 16 heteroatoms. The van der Waals surface area contributed by atoms with Crippen molar-refractivity contribution in [3.05, 3.63) is 41.1 Å². The van der Waals surface area contributed by atoms with Gasteiger partial charge in [0.25, 0.3) is 12.3 Å².